The van der Waals surface area contributed by atoms with Gasteiger partial charge in [0.2, 0.25) is 0 Å². The molecule has 3 N–H and O–H groups in total. The van der Waals surface area contributed by atoms with E-state index in [2.05, 4.69) is 32.6 Å². The first-order valence-corrected chi connectivity index (χ1v) is 5.58. The third-order valence-electron chi connectivity index (χ3n) is 2.43. The van der Waals surface area contributed by atoms with Crippen LogP contribution in [0.1, 0.15) is 40.5 Å². The minimum Gasteiger partial charge on any atom is -0.387 e. The molecule has 0 saturated carbocycles. The summed E-state index contributed by atoms with van der Waals surface area (Å²) in [4.78, 5) is 2.33. The Hall–Kier alpha value is -0.570. The summed E-state index contributed by atoms with van der Waals surface area (Å²) in [7, 11) is 0. The van der Waals surface area contributed by atoms with E-state index in [0.29, 0.717) is 18.5 Å². The van der Waals surface area contributed by atoms with Gasteiger partial charge in [-0.2, -0.15) is 0 Å². The van der Waals surface area contributed by atoms with Gasteiger partial charge in [0.25, 0.3) is 0 Å². The van der Waals surface area contributed by atoms with E-state index in [1.54, 1.807) is 0 Å². The molecule has 0 rings (SSSR count). The lowest BCUT2D eigenvalue weighted by atomic mass is 10.1. The van der Waals surface area contributed by atoms with Crippen LogP contribution in [-0.4, -0.2) is 29.9 Å². The third-order valence-corrected chi connectivity index (χ3v) is 2.43. The summed E-state index contributed by atoms with van der Waals surface area (Å²) in [6, 6.07) is 0.571. The Morgan fingerprint density at radius 3 is 2.07 bits per heavy atom. The molecule has 0 heterocycles. The van der Waals surface area contributed by atoms with Gasteiger partial charge >= 0.3 is 0 Å². The summed E-state index contributed by atoms with van der Waals surface area (Å²) in [6.07, 6.45) is 2.27. The van der Waals surface area contributed by atoms with Gasteiger partial charge in [0.05, 0.1) is 6.54 Å². The Bertz CT molecular complexity index is 162. The predicted molar refractivity (Wildman–Crippen MR) is 62.7 cm³/mol. The van der Waals surface area contributed by atoms with Crippen molar-refractivity contribution in [3.05, 3.63) is 0 Å². The SMILES string of the molecule is CCC(CC)N(CC(=N)N)CC(C)C. The van der Waals surface area contributed by atoms with E-state index in [-0.39, 0.29) is 5.84 Å². The van der Waals surface area contributed by atoms with Crippen molar-refractivity contribution in [1.82, 2.24) is 4.90 Å². The molecule has 84 valence electrons. The molecule has 0 aliphatic heterocycles. The molecule has 0 unspecified atom stereocenters. The zero-order valence-corrected chi connectivity index (χ0v) is 10.0. The summed E-state index contributed by atoms with van der Waals surface area (Å²) in [6.45, 7) is 10.4. The molecule has 3 heteroatoms. The monoisotopic (exact) mass is 199 g/mol. The highest BCUT2D eigenvalue weighted by atomic mass is 15.2. The second-order valence-corrected chi connectivity index (χ2v) is 4.32. The Morgan fingerprint density at radius 2 is 1.79 bits per heavy atom. The lowest BCUT2D eigenvalue weighted by molar-refractivity contribution is 0.189. The average molecular weight is 199 g/mol. The van der Waals surface area contributed by atoms with Gasteiger partial charge < -0.3 is 5.73 Å². The zero-order chi connectivity index (χ0) is 11.1. The van der Waals surface area contributed by atoms with Crippen LogP contribution in [0.5, 0.6) is 0 Å². The molecular weight excluding hydrogens is 174 g/mol. The summed E-state index contributed by atoms with van der Waals surface area (Å²) < 4.78 is 0. The summed E-state index contributed by atoms with van der Waals surface area (Å²) >= 11 is 0. The maximum atomic E-state index is 7.35. The van der Waals surface area contributed by atoms with Crippen LogP contribution in [0.3, 0.4) is 0 Å². The smallest absolute Gasteiger partial charge is 0.105 e. The number of rotatable bonds is 7. The highest BCUT2D eigenvalue weighted by Crippen LogP contribution is 2.10. The van der Waals surface area contributed by atoms with E-state index in [9.17, 15) is 0 Å². The second-order valence-electron chi connectivity index (χ2n) is 4.32. The van der Waals surface area contributed by atoms with Crippen molar-refractivity contribution in [2.45, 2.75) is 46.6 Å². The lowest BCUT2D eigenvalue weighted by Crippen LogP contribution is -2.42. The zero-order valence-electron chi connectivity index (χ0n) is 10.0. The highest BCUT2D eigenvalue weighted by Gasteiger charge is 2.16. The molecule has 0 aliphatic carbocycles. The summed E-state index contributed by atoms with van der Waals surface area (Å²) in [5.74, 6) is 0.910. The minimum absolute atomic E-state index is 0.276. The topological polar surface area (TPSA) is 53.1 Å². The molecule has 0 fully saturated rings. The number of amidine groups is 1. The molecule has 3 nitrogen and oxygen atoms in total. The minimum atomic E-state index is 0.276. The van der Waals surface area contributed by atoms with Gasteiger partial charge in [-0.3, -0.25) is 10.3 Å². The second kappa shape index (κ2) is 6.82. The van der Waals surface area contributed by atoms with Crippen LogP contribution in [0.2, 0.25) is 0 Å². The molecule has 0 amide bonds. The molecule has 0 aromatic rings. The fourth-order valence-corrected chi connectivity index (χ4v) is 1.84. The molecule has 0 spiro atoms. The lowest BCUT2D eigenvalue weighted by Gasteiger charge is -2.31. The van der Waals surface area contributed by atoms with Gasteiger partial charge in [0.15, 0.2) is 0 Å². The van der Waals surface area contributed by atoms with Gasteiger partial charge in [-0.15, -0.1) is 0 Å². The van der Waals surface area contributed by atoms with Crippen molar-refractivity contribution < 1.29 is 0 Å². The Labute approximate surface area is 88.2 Å². The van der Waals surface area contributed by atoms with Crippen molar-refractivity contribution >= 4 is 5.84 Å². The van der Waals surface area contributed by atoms with Crippen LogP contribution in [0.4, 0.5) is 0 Å². The van der Waals surface area contributed by atoms with Gasteiger partial charge in [0, 0.05) is 12.6 Å². The van der Waals surface area contributed by atoms with Crippen LogP contribution in [0.15, 0.2) is 0 Å². The Kier molecular flexibility index (Phi) is 6.54. The van der Waals surface area contributed by atoms with Crippen molar-refractivity contribution in [1.29, 1.82) is 5.41 Å². The van der Waals surface area contributed by atoms with E-state index in [1.807, 2.05) is 0 Å². The summed E-state index contributed by atoms with van der Waals surface area (Å²) in [5, 5.41) is 7.35. The third kappa shape index (κ3) is 5.22. The highest BCUT2D eigenvalue weighted by molar-refractivity contribution is 5.78. The van der Waals surface area contributed by atoms with E-state index in [1.165, 1.54) is 0 Å². The molecule has 0 saturated heterocycles. The molecular formula is C11H25N3. The number of hydrogen-bond acceptors (Lipinski definition) is 2. The fraction of sp³-hybridized carbons (Fsp3) is 0.909. The number of nitrogens with one attached hydrogen (secondary N) is 1. The van der Waals surface area contributed by atoms with Crippen LogP contribution < -0.4 is 5.73 Å². The van der Waals surface area contributed by atoms with Gasteiger partial charge in [-0.1, -0.05) is 27.7 Å². The van der Waals surface area contributed by atoms with Crippen LogP contribution in [0, 0.1) is 11.3 Å². The van der Waals surface area contributed by atoms with E-state index in [4.69, 9.17) is 11.1 Å². The summed E-state index contributed by atoms with van der Waals surface area (Å²) in [5.41, 5.74) is 5.46. The Morgan fingerprint density at radius 1 is 1.29 bits per heavy atom. The van der Waals surface area contributed by atoms with Gasteiger partial charge in [-0.25, -0.2) is 0 Å². The molecule has 14 heavy (non-hydrogen) atoms. The van der Waals surface area contributed by atoms with Crippen LogP contribution >= 0.6 is 0 Å². The van der Waals surface area contributed by atoms with Crippen LogP contribution in [-0.2, 0) is 0 Å². The molecule has 0 atom stereocenters. The largest absolute Gasteiger partial charge is 0.387 e. The molecule has 0 radical (unpaired) electrons. The molecule has 0 aromatic carbocycles. The standard InChI is InChI=1S/C11H25N3/c1-5-10(6-2)14(7-9(3)4)8-11(12)13/h9-10H,5-8H2,1-4H3,(H3,12,13). The molecule has 0 aliphatic rings. The first kappa shape index (κ1) is 13.4. The quantitative estimate of drug-likeness (QED) is 0.487. The first-order valence-electron chi connectivity index (χ1n) is 5.58. The van der Waals surface area contributed by atoms with E-state index < -0.39 is 0 Å². The van der Waals surface area contributed by atoms with Crippen molar-refractivity contribution in [3.8, 4) is 0 Å². The maximum absolute atomic E-state index is 7.35. The predicted octanol–water partition coefficient (Wildman–Crippen LogP) is 2.07. The van der Waals surface area contributed by atoms with Crippen molar-refractivity contribution in [2.75, 3.05) is 13.1 Å². The molecule has 0 bridgehead atoms. The Balaban J connectivity index is 4.27. The number of hydrogen-bond donors (Lipinski definition) is 2. The normalized spacial score (nSPS) is 11.6. The van der Waals surface area contributed by atoms with Gasteiger partial charge in [-0.05, 0) is 18.8 Å². The first-order chi connectivity index (χ1) is 6.51. The molecule has 0 aromatic heterocycles. The fourth-order valence-electron chi connectivity index (χ4n) is 1.84. The average Bonchev–Trinajstić information content (AvgIpc) is 2.03. The number of nitrogens with two attached hydrogens (primary N) is 1. The number of nitrogens with zero attached hydrogens (tertiary/aromatic N) is 1. The van der Waals surface area contributed by atoms with Gasteiger partial charge in [0.1, 0.15) is 5.84 Å². The van der Waals surface area contributed by atoms with Crippen LogP contribution in [0.25, 0.3) is 0 Å². The van der Waals surface area contributed by atoms with E-state index in [0.717, 1.165) is 19.4 Å². The maximum Gasteiger partial charge on any atom is 0.105 e. The van der Waals surface area contributed by atoms with Crippen molar-refractivity contribution in [3.63, 3.8) is 0 Å². The van der Waals surface area contributed by atoms with E-state index >= 15 is 0 Å². The van der Waals surface area contributed by atoms with Crippen molar-refractivity contribution in [2.24, 2.45) is 11.7 Å².